The fraction of sp³-hybridized carbons (Fsp3) is 0.538. The van der Waals surface area contributed by atoms with Crippen molar-refractivity contribution in [3.05, 3.63) is 23.3 Å². The molecule has 2 aromatic rings. The van der Waals surface area contributed by atoms with Crippen molar-refractivity contribution in [2.24, 2.45) is 0 Å². The number of hydrogen-bond donors (Lipinski definition) is 1. The van der Waals surface area contributed by atoms with Crippen molar-refractivity contribution in [1.82, 2.24) is 15.3 Å². The van der Waals surface area contributed by atoms with E-state index in [-0.39, 0.29) is 0 Å². The minimum atomic E-state index is 0.371. The summed E-state index contributed by atoms with van der Waals surface area (Å²) in [5.74, 6) is 0.371. The molecule has 0 aliphatic carbocycles. The second kappa shape index (κ2) is 5.30. The molecule has 1 fully saturated rings. The lowest BCUT2D eigenvalue weighted by molar-refractivity contribution is 0.187. The largest absolute Gasteiger partial charge is 0.379 e. The monoisotopic (exact) mass is 263 g/mol. The molecule has 18 heavy (non-hydrogen) atoms. The molecule has 0 radical (unpaired) electrons. The van der Waals surface area contributed by atoms with Crippen molar-refractivity contribution in [2.75, 3.05) is 19.8 Å². The van der Waals surface area contributed by atoms with Gasteiger partial charge in [0.1, 0.15) is 15.4 Å². The van der Waals surface area contributed by atoms with Gasteiger partial charge in [-0.05, 0) is 25.1 Å². The number of nitrogens with one attached hydrogen (secondary N) is 1. The third-order valence-corrected chi connectivity index (χ3v) is 4.35. The zero-order valence-corrected chi connectivity index (χ0v) is 11.2. The number of fused-ring (bicyclic) bond motifs is 1. The minimum Gasteiger partial charge on any atom is -0.379 e. The van der Waals surface area contributed by atoms with Crippen LogP contribution in [-0.4, -0.2) is 35.8 Å². The molecule has 1 aliphatic rings. The van der Waals surface area contributed by atoms with Gasteiger partial charge in [0, 0.05) is 12.2 Å². The molecule has 0 spiro atoms. The Balaban J connectivity index is 1.84. The van der Waals surface area contributed by atoms with Crippen LogP contribution in [0.1, 0.15) is 24.3 Å². The van der Waals surface area contributed by atoms with Gasteiger partial charge in [0.05, 0.1) is 19.1 Å². The van der Waals surface area contributed by atoms with Crippen LogP contribution in [0, 0.1) is 0 Å². The molecule has 1 N–H and O–H groups in total. The van der Waals surface area contributed by atoms with Crippen LogP contribution >= 0.6 is 11.3 Å². The summed E-state index contributed by atoms with van der Waals surface area (Å²) in [5.41, 5.74) is 0.999. The Morgan fingerprint density at radius 2 is 2.44 bits per heavy atom. The third-order valence-electron chi connectivity index (χ3n) is 3.24. The second-order valence-corrected chi connectivity index (χ2v) is 5.59. The van der Waals surface area contributed by atoms with Crippen LogP contribution in [0.5, 0.6) is 0 Å². The van der Waals surface area contributed by atoms with Gasteiger partial charge in [0.15, 0.2) is 0 Å². The van der Waals surface area contributed by atoms with E-state index in [0.717, 1.165) is 41.5 Å². The van der Waals surface area contributed by atoms with E-state index in [1.807, 2.05) is 18.3 Å². The molecule has 0 bridgehead atoms. The van der Waals surface area contributed by atoms with E-state index in [2.05, 4.69) is 22.2 Å². The zero-order chi connectivity index (χ0) is 12.4. The van der Waals surface area contributed by atoms with Crippen LogP contribution in [0.15, 0.2) is 18.3 Å². The lowest BCUT2D eigenvalue weighted by Gasteiger charge is -2.16. The Morgan fingerprint density at radius 3 is 3.28 bits per heavy atom. The highest BCUT2D eigenvalue weighted by Gasteiger charge is 2.31. The van der Waals surface area contributed by atoms with Crippen LogP contribution in [0.25, 0.3) is 10.3 Å². The molecule has 1 saturated heterocycles. The molecule has 0 amide bonds. The first-order valence-electron chi connectivity index (χ1n) is 6.41. The van der Waals surface area contributed by atoms with E-state index < -0.39 is 0 Å². The summed E-state index contributed by atoms with van der Waals surface area (Å²) >= 11 is 1.69. The summed E-state index contributed by atoms with van der Waals surface area (Å²) in [5, 5.41) is 4.69. The van der Waals surface area contributed by atoms with Gasteiger partial charge in [-0.25, -0.2) is 9.97 Å². The number of rotatable bonds is 4. The number of ether oxygens (including phenoxy) is 1. The summed E-state index contributed by atoms with van der Waals surface area (Å²) < 4.78 is 5.60. The van der Waals surface area contributed by atoms with Crippen LogP contribution in [-0.2, 0) is 4.74 Å². The average molecular weight is 263 g/mol. The van der Waals surface area contributed by atoms with Gasteiger partial charge in [-0.3, -0.25) is 0 Å². The number of thiazole rings is 1. The predicted molar refractivity (Wildman–Crippen MR) is 73.1 cm³/mol. The molecule has 3 rings (SSSR count). The van der Waals surface area contributed by atoms with Gasteiger partial charge in [-0.2, -0.15) is 0 Å². The fourth-order valence-corrected chi connectivity index (χ4v) is 3.33. The number of aromatic nitrogens is 2. The van der Waals surface area contributed by atoms with E-state index in [4.69, 9.17) is 4.74 Å². The summed E-state index contributed by atoms with van der Waals surface area (Å²) in [6.07, 6.45) is 2.97. The lowest BCUT2D eigenvalue weighted by Crippen LogP contribution is -2.34. The summed E-state index contributed by atoms with van der Waals surface area (Å²) in [4.78, 5) is 10.1. The number of nitrogens with zero attached hydrogens (tertiary/aromatic N) is 2. The molecule has 2 atom stereocenters. The molecule has 2 unspecified atom stereocenters. The first kappa shape index (κ1) is 12.0. The highest BCUT2D eigenvalue weighted by molar-refractivity contribution is 7.18. The molecule has 5 heteroatoms. The van der Waals surface area contributed by atoms with Gasteiger partial charge >= 0.3 is 0 Å². The lowest BCUT2D eigenvalue weighted by atomic mass is 10.0. The third kappa shape index (κ3) is 2.25. The van der Waals surface area contributed by atoms with E-state index in [9.17, 15) is 0 Å². The highest BCUT2D eigenvalue weighted by Crippen LogP contribution is 2.31. The molecule has 0 aromatic carbocycles. The number of hydrogen-bond acceptors (Lipinski definition) is 5. The van der Waals surface area contributed by atoms with Crippen molar-refractivity contribution in [1.29, 1.82) is 0 Å². The summed E-state index contributed by atoms with van der Waals surface area (Å²) in [6, 6.07) is 4.35. The van der Waals surface area contributed by atoms with Gasteiger partial charge in [-0.15, -0.1) is 0 Å². The number of pyridine rings is 1. The zero-order valence-electron chi connectivity index (χ0n) is 10.4. The van der Waals surface area contributed by atoms with Gasteiger partial charge in [0.2, 0.25) is 0 Å². The highest BCUT2D eigenvalue weighted by atomic mass is 32.1. The molecule has 4 nitrogen and oxygen atoms in total. The smallest absolute Gasteiger partial charge is 0.143 e. The molecule has 3 heterocycles. The molecule has 2 aromatic heterocycles. The SMILES string of the molecule is CCCNC1COCC1c1nc2cccnc2s1. The van der Waals surface area contributed by atoms with E-state index in [1.165, 1.54) is 0 Å². The van der Waals surface area contributed by atoms with Crippen molar-refractivity contribution in [2.45, 2.75) is 25.3 Å². The van der Waals surface area contributed by atoms with Crippen LogP contribution < -0.4 is 5.32 Å². The van der Waals surface area contributed by atoms with E-state index >= 15 is 0 Å². The van der Waals surface area contributed by atoms with Crippen LogP contribution in [0.4, 0.5) is 0 Å². The van der Waals surface area contributed by atoms with Gasteiger partial charge in [-0.1, -0.05) is 18.3 Å². The predicted octanol–water partition coefficient (Wildman–Crippen LogP) is 2.17. The Hall–Kier alpha value is -1.04. The first-order chi connectivity index (χ1) is 8.88. The Morgan fingerprint density at radius 1 is 1.50 bits per heavy atom. The fourth-order valence-electron chi connectivity index (χ4n) is 2.27. The molecule has 96 valence electrons. The molecule has 0 saturated carbocycles. The van der Waals surface area contributed by atoms with E-state index in [0.29, 0.717) is 12.0 Å². The maximum atomic E-state index is 5.60. The quantitative estimate of drug-likeness (QED) is 0.918. The first-order valence-corrected chi connectivity index (χ1v) is 7.22. The molecular weight excluding hydrogens is 246 g/mol. The Labute approximate surface area is 110 Å². The second-order valence-electron chi connectivity index (χ2n) is 4.58. The van der Waals surface area contributed by atoms with Crippen LogP contribution in [0.2, 0.25) is 0 Å². The van der Waals surface area contributed by atoms with Crippen molar-refractivity contribution in [3.63, 3.8) is 0 Å². The average Bonchev–Trinajstić information content (AvgIpc) is 3.01. The summed E-state index contributed by atoms with van der Waals surface area (Å²) in [6.45, 7) is 4.77. The van der Waals surface area contributed by atoms with E-state index in [1.54, 1.807) is 11.3 Å². The summed E-state index contributed by atoms with van der Waals surface area (Å²) in [7, 11) is 0. The Kier molecular flexibility index (Phi) is 3.54. The maximum absolute atomic E-state index is 5.60. The van der Waals surface area contributed by atoms with Crippen molar-refractivity contribution >= 4 is 21.7 Å². The van der Waals surface area contributed by atoms with Crippen molar-refractivity contribution in [3.8, 4) is 0 Å². The van der Waals surface area contributed by atoms with Gasteiger partial charge < -0.3 is 10.1 Å². The Bertz CT molecular complexity index is 495. The standard InChI is InChI=1S/C13H17N3OS/c1-2-5-14-11-8-17-7-9(11)12-16-10-4-3-6-15-13(10)18-12/h3-4,6,9,11,14H,2,5,7-8H2,1H3. The molecule has 1 aliphatic heterocycles. The van der Waals surface area contributed by atoms with Crippen LogP contribution in [0.3, 0.4) is 0 Å². The molecular formula is C13H17N3OS. The van der Waals surface area contributed by atoms with Gasteiger partial charge in [0.25, 0.3) is 0 Å². The maximum Gasteiger partial charge on any atom is 0.143 e. The topological polar surface area (TPSA) is 47.0 Å². The normalized spacial score (nSPS) is 23.8. The van der Waals surface area contributed by atoms with Crippen molar-refractivity contribution < 1.29 is 4.74 Å². The minimum absolute atomic E-state index is 0.371.